The van der Waals surface area contributed by atoms with Gasteiger partial charge in [-0.2, -0.15) is 0 Å². The lowest BCUT2D eigenvalue weighted by Crippen LogP contribution is -2.10. The second kappa shape index (κ2) is 102. The molecule has 0 unspecified atom stereocenters. The van der Waals surface area contributed by atoms with Gasteiger partial charge in [0.05, 0.1) is 26.4 Å². The molecular formula is C104H210O3. The van der Waals surface area contributed by atoms with Crippen molar-refractivity contribution in [2.24, 2.45) is 11.8 Å². The van der Waals surface area contributed by atoms with Crippen LogP contribution in [0.5, 0.6) is 0 Å². The van der Waals surface area contributed by atoms with Crippen molar-refractivity contribution in [2.75, 3.05) is 39.6 Å². The lowest BCUT2D eigenvalue weighted by Gasteiger charge is -2.17. The van der Waals surface area contributed by atoms with Crippen molar-refractivity contribution in [3.05, 3.63) is 0 Å². The fraction of sp³-hybridized carbons (Fsp3) is 1.00. The fourth-order valence-corrected chi connectivity index (χ4v) is 17.8. The van der Waals surface area contributed by atoms with Crippen LogP contribution in [0.25, 0.3) is 0 Å². The summed E-state index contributed by atoms with van der Waals surface area (Å²) in [5, 5.41) is 0. The first-order chi connectivity index (χ1) is 53.3. The van der Waals surface area contributed by atoms with Gasteiger partial charge in [0, 0.05) is 13.2 Å². The minimum atomic E-state index is 0.697. The number of hydrogen-bond donors (Lipinski definition) is 0. The summed E-state index contributed by atoms with van der Waals surface area (Å²) in [5.41, 5.74) is 0. The Morgan fingerprint density at radius 2 is 0.196 bits per heavy atom. The fourth-order valence-electron chi connectivity index (χ4n) is 17.8. The van der Waals surface area contributed by atoms with Crippen LogP contribution in [0.3, 0.4) is 0 Å². The molecule has 0 saturated heterocycles. The third-order valence-corrected chi connectivity index (χ3v) is 25.4. The molecule has 0 aliphatic rings. The van der Waals surface area contributed by atoms with Gasteiger partial charge < -0.3 is 14.2 Å². The Bertz CT molecular complexity index is 1290. The zero-order chi connectivity index (χ0) is 76.6. The van der Waals surface area contributed by atoms with E-state index in [-0.39, 0.29) is 0 Å². The molecule has 0 aliphatic carbocycles. The van der Waals surface area contributed by atoms with Gasteiger partial charge in [-0.05, 0) is 24.7 Å². The second-order valence-corrected chi connectivity index (χ2v) is 36.3. The molecule has 3 heteroatoms. The van der Waals surface area contributed by atoms with E-state index in [0.29, 0.717) is 13.2 Å². The van der Waals surface area contributed by atoms with E-state index in [4.69, 9.17) is 14.2 Å². The van der Waals surface area contributed by atoms with E-state index in [1.54, 1.807) is 0 Å². The summed E-state index contributed by atoms with van der Waals surface area (Å²) in [6.07, 6.45) is 135. The normalized spacial score (nSPS) is 11.9. The molecule has 107 heavy (non-hydrogen) atoms. The molecule has 0 aromatic carbocycles. The topological polar surface area (TPSA) is 27.7 Å². The van der Waals surface area contributed by atoms with Crippen LogP contribution >= 0.6 is 0 Å². The molecule has 0 heterocycles. The van der Waals surface area contributed by atoms with Crippen molar-refractivity contribution in [1.29, 1.82) is 0 Å². The van der Waals surface area contributed by atoms with Crippen LogP contribution in [0, 0.1) is 11.8 Å². The summed E-state index contributed by atoms with van der Waals surface area (Å²) >= 11 is 0. The maximum atomic E-state index is 5.89. The molecule has 0 radical (unpaired) electrons. The average molecular weight is 1510 g/mol. The summed E-state index contributed by atoms with van der Waals surface area (Å²) in [6.45, 7) is 13.9. The van der Waals surface area contributed by atoms with Gasteiger partial charge in [-0.25, -0.2) is 0 Å². The first-order valence-electron chi connectivity index (χ1n) is 52.0. The lowest BCUT2D eigenvalue weighted by molar-refractivity contribution is 0.0132. The molecule has 0 aliphatic heterocycles. The Kier molecular flexibility index (Phi) is 102. The standard InChI is InChI=1S/C104H210O3/c1-5-9-13-17-21-25-29-33-43-51-59-67-75-83-91-103(92-84-76-68-60-52-44-34-30-26-22-18-14-10-6-2)95-87-79-71-63-55-47-39-37-41-49-57-65-73-81-89-97-105-99-101-107-102-100-106-98-90-82-74-66-58-50-42-38-40-48-56-64-72-80-88-96-104(93-85-77-69-61-53-45-35-31-27-23-19-15-11-7-3)94-86-78-70-62-54-46-36-32-28-24-20-16-12-8-4/h103-104H,5-102H2,1-4H3. The Hall–Kier alpha value is -0.120. The lowest BCUT2D eigenvalue weighted by atomic mass is 9.89. The van der Waals surface area contributed by atoms with E-state index < -0.39 is 0 Å². The first kappa shape index (κ1) is 107. The van der Waals surface area contributed by atoms with E-state index >= 15 is 0 Å². The van der Waals surface area contributed by atoms with Crippen molar-refractivity contribution in [3.63, 3.8) is 0 Å². The van der Waals surface area contributed by atoms with Gasteiger partial charge in [0.2, 0.25) is 0 Å². The van der Waals surface area contributed by atoms with Crippen molar-refractivity contribution in [1.82, 2.24) is 0 Å². The summed E-state index contributed by atoms with van der Waals surface area (Å²) in [7, 11) is 0. The highest BCUT2D eigenvalue weighted by Gasteiger charge is 2.12. The van der Waals surface area contributed by atoms with Crippen LogP contribution in [-0.4, -0.2) is 39.6 Å². The van der Waals surface area contributed by atoms with Crippen LogP contribution < -0.4 is 0 Å². The predicted molar refractivity (Wildman–Crippen MR) is 487 cm³/mol. The Balaban J connectivity index is 3.77. The smallest absolute Gasteiger partial charge is 0.0701 e. The van der Waals surface area contributed by atoms with E-state index in [2.05, 4.69) is 27.7 Å². The number of rotatable bonds is 102. The molecule has 3 nitrogen and oxygen atoms in total. The van der Waals surface area contributed by atoms with Crippen LogP contribution in [0.15, 0.2) is 0 Å². The molecule has 644 valence electrons. The third-order valence-electron chi connectivity index (χ3n) is 25.4. The maximum Gasteiger partial charge on any atom is 0.0701 e. The highest BCUT2D eigenvalue weighted by Crippen LogP contribution is 2.29. The van der Waals surface area contributed by atoms with E-state index in [1.165, 1.54) is 591 Å². The van der Waals surface area contributed by atoms with Gasteiger partial charge in [0.15, 0.2) is 0 Å². The number of hydrogen-bond acceptors (Lipinski definition) is 3. The predicted octanol–water partition coefficient (Wildman–Crippen LogP) is 38.2. The molecule has 0 saturated carbocycles. The summed E-state index contributed by atoms with van der Waals surface area (Å²) in [6, 6.07) is 0. The molecule has 0 rings (SSSR count). The monoisotopic (exact) mass is 1510 g/mol. The van der Waals surface area contributed by atoms with Crippen molar-refractivity contribution < 1.29 is 14.2 Å². The first-order valence-corrected chi connectivity index (χ1v) is 52.0. The molecule has 0 atom stereocenters. The van der Waals surface area contributed by atoms with Gasteiger partial charge in [-0.3, -0.25) is 0 Å². The van der Waals surface area contributed by atoms with E-state index in [9.17, 15) is 0 Å². The summed E-state index contributed by atoms with van der Waals surface area (Å²) in [4.78, 5) is 0. The Morgan fingerprint density at radius 1 is 0.103 bits per heavy atom. The molecule has 0 amide bonds. The molecule has 0 aromatic rings. The molecule has 0 fully saturated rings. The van der Waals surface area contributed by atoms with Gasteiger partial charge in [-0.1, -0.05) is 606 Å². The minimum Gasteiger partial charge on any atom is -0.379 e. The quantitative estimate of drug-likeness (QED) is 0.0568. The molecule has 0 N–H and O–H groups in total. The summed E-state index contributed by atoms with van der Waals surface area (Å²) in [5.74, 6) is 2.03. The maximum absolute atomic E-state index is 5.89. The van der Waals surface area contributed by atoms with Crippen molar-refractivity contribution in [2.45, 2.75) is 618 Å². The number of unbranched alkanes of at least 4 members (excludes halogenated alkanes) is 80. The minimum absolute atomic E-state index is 0.697. The SMILES string of the molecule is CCCCCCCCCCCCCCCCC(CCCCCCCCCCCCCCCC)CCCCCCCCCCCCCCCCCOCCOCCOCCCCCCCCCCCCCCCCCC(CCCCCCCCCCCCCCCC)CCCCCCCCCCCCCCCC. The summed E-state index contributed by atoms with van der Waals surface area (Å²) < 4.78 is 17.6. The second-order valence-electron chi connectivity index (χ2n) is 36.3. The molecule has 0 bridgehead atoms. The van der Waals surface area contributed by atoms with Crippen LogP contribution in [0.2, 0.25) is 0 Å². The largest absolute Gasteiger partial charge is 0.379 e. The third kappa shape index (κ3) is 98.2. The van der Waals surface area contributed by atoms with Gasteiger partial charge in [-0.15, -0.1) is 0 Å². The Labute approximate surface area is 680 Å². The molecular weight excluding hydrogens is 1300 g/mol. The zero-order valence-electron chi connectivity index (χ0n) is 75.7. The van der Waals surface area contributed by atoms with Crippen molar-refractivity contribution in [3.8, 4) is 0 Å². The molecule has 0 spiro atoms. The van der Waals surface area contributed by atoms with Crippen LogP contribution in [0.4, 0.5) is 0 Å². The zero-order valence-corrected chi connectivity index (χ0v) is 75.7. The number of ether oxygens (including phenoxy) is 3. The Morgan fingerprint density at radius 3 is 0.318 bits per heavy atom. The molecule has 0 aromatic heterocycles. The van der Waals surface area contributed by atoms with E-state index in [0.717, 1.165) is 38.3 Å². The van der Waals surface area contributed by atoms with E-state index in [1.807, 2.05) is 0 Å². The van der Waals surface area contributed by atoms with Crippen LogP contribution in [-0.2, 0) is 14.2 Å². The highest BCUT2D eigenvalue weighted by atomic mass is 16.5. The van der Waals surface area contributed by atoms with Crippen molar-refractivity contribution >= 4 is 0 Å². The highest BCUT2D eigenvalue weighted by molar-refractivity contribution is 4.66. The van der Waals surface area contributed by atoms with Crippen LogP contribution in [0.1, 0.15) is 618 Å². The van der Waals surface area contributed by atoms with Gasteiger partial charge in [0.25, 0.3) is 0 Å². The van der Waals surface area contributed by atoms with Gasteiger partial charge in [0.1, 0.15) is 0 Å². The average Bonchev–Trinajstić information content (AvgIpc) is 1.47. The van der Waals surface area contributed by atoms with Gasteiger partial charge >= 0.3 is 0 Å².